The Labute approximate surface area is 149 Å². The van der Waals surface area contributed by atoms with Crippen LogP contribution < -0.4 is 5.32 Å². The number of likely N-dealkylation sites (tertiary alicyclic amines) is 1. The normalized spacial score (nSPS) is 21.4. The van der Waals surface area contributed by atoms with E-state index in [1.165, 1.54) is 19.3 Å². The third-order valence-electron chi connectivity index (χ3n) is 5.48. The van der Waals surface area contributed by atoms with Crippen LogP contribution >= 0.6 is 0 Å². The fraction of sp³-hybridized carbons (Fsp3) is 0.684. The Kier molecular flexibility index (Phi) is 5.66. The van der Waals surface area contributed by atoms with E-state index in [1.54, 1.807) is 23.1 Å². The van der Waals surface area contributed by atoms with E-state index in [0.29, 0.717) is 13.1 Å². The lowest BCUT2D eigenvalue weighted by Gasteiger charge is -2.30. The van der Waals surface area contributed by atoms with Crippen LogP contribution in [-0.2, 0) is 11.3 Å². The molecule has 25 heavy (non-hydrogen) atoms. The lowest BCUT2D eigenvalue weighted by Crippen LogP contribution is -2.52. The van der Waals surface area contributed by atoms with Gasteiger partial charge >= 0.3 is 6.03 Å². The smallest absolute Gasteiger partial charge is 0.318 e. The highest BCUT2D eigenvalue weighted by atomic mass is 16.3. The quantitative estimate of drug-likeness (QED) is 0.910. The van der Waals surface area contributed by atoms with E-state index in [9.17, 15) is 9.59 Å². The average Bonchev–Trinajstić information content (AvgIpc) is 3.24. The van der Waals surface area contributed by atoms with Gasteiger partial charge in [0.15, 0.2) is 0 Å². The fourth-order valence-electron chi connectivity index (χ4n) is 3.93. The summed E-state index contributed by atoms with van der Waals surface area (Å²) in [5.41, 5.74) is 1.01. The van der Waals surface area contributed by atoms with Gasteiger partial charge in [-0.05, 0) is 38.7 Å². The molecule has 1 aromatic rings. The molecule has 6 heteroatoms. The van der Waals surface area contributed by atoms with E-state index in [0.717, 1.165) is 37.0 Å². The Balaban J connectivity index is 1.58. The molecule has 0 bridgehead atoms. The molecule has 0 aromatic carbocycles. The number of urea groups is 1. The Bertz CT molecular complexity index is 607. The van der Waals surface area contributed by atoms with Crippen LogP contribution in [0.15, 0.2) is 16.7 Å². The van der Waals surface area contributed by atoms with Crippen LogP contribution in [0.5, 0.6) is 0 Å². The molecule has 6 nitrogen and oxygen atoms in total. The van der Waals surface area contributed by atoms with Crippen LogP contribution in [0, 0.1) is 6.92 Å². The molecule has 0 spiro atoms. The van der Waals surface area contributed by atoms with Gasteiger partial charge < -0.3 is 19.5 Å². The second-order valence-electron chi connectivity index (χ2n) is 7.33. The first-order valence-electron chi connectivity index (χ1n) is 9.41. The minimum absolute atomic E-state index is 0.0110. The van der Waals surface area contributed by atoms with Crippen molar-refractivity contribution in [3.05, 3.63) is 23.7 Å². The summed E-state index contributed by atoms with van der Waals surface area (Å²) in [6.45, 7) is 3.07. The van der Waals surface area contributed by atoms with Crippen molar-refractivity contribution in [1.29, 1.82) is 0 Å². The summed E-state index contributed by atoms with van der Waals surface area (Å²) in [7, 11) is 1.80. The second kappa shape index (κ2) is 7.93. The van der Waals surface area contributed by atoms with Crippen LogP contribution in [0.4, 0.5) is 4.79 Å². The van der Waals surface area contributed by atoms with Crippen LogP contribution in [0.1, 0.15) is 56.3 Å². The molecule has 2 fully saturated rings. The SMILES string of the molecule is Cc1occc1CN(C)C(=O)[C@@H]1CCCN1C(=O)NC1CCCCC1. The highest BCUT2D eigenvalue weighted by molar-refractivity contribution is 5.87. The number of carbonyl (C=O) groups is 2. The van der Waals surface area contributed by atoms with Gasteiger partial charge in [-0.15, -0.1) is 0 Å². The molecular formula is C19H29N3O3. The van der Waals surface area contributed by atoms with Gasteiger partial charge in [-0.1, -0.05) is 19.3 Å². The van der Waals surface area contributed by atoms with Crippen LogP contribution in [-0.4, -0.2) is 47.4 Å². The van der Waals surface area contributed by atoms with E-state index in [1.807, 2.05) is 13.0 Å². The predicted molar refractivity (Wildman–Crippen MR) is 95.1 cm³/mol. The standard InChI is InChI=1S/C19H29N3O3/c1-14-15(10-12-25-14)13-21(2)18(23)17-9-6-11-22(17)19(24)20-16-7-4-3-5-8-16/h10,12,16-17H,3-9,11,13H2,1-2H3,(H,20,24)/t17-/m0/s1. The number of furan rings is 1. The number of nitrogens with one attached hydrogen (secondary N) is 1. The first kappa shape index (κ1) is 17.8. The Morgan fingerprint density at radius 3 is 2.68 bits per heavy atom. The third-order valence-corrected chi connectivity index (χ3v) is 5.48. The summed E-state index contributed by atoms with van der Waals surface area (Å²) in [6.07, 6.45) is 8.99. The monoisotopic (exact) mass is 347 g/mol. The first-order chi connectivity index (χ1) is 12.1. The van der Waals surface area contributed by atoms with Gasteiger partial charge in [0, 0.05) is 31.7 Å². The highest BCUT2D eigenvalue weighted by Crippen LogP contribution is 2.22. The minimum Gasteiger partial charge on any atom is -0.469 e. The van der Waals surface area contributed by atoms with Crippen molar-refractivity contribution >= 4 is 11.9 Å². The lowest BCUT2D eigenvalue weighted by atomic mass is 9.96. The predicted octanol–water partition coefficient (Wildman–Crippen LogP) is 3.05. The molecule has 3 rings (SSSR count). The van der Waals surface area contributed by atoms with Gasteiger partial charge in [-0.25, -0.2) is 4.79 Å². The summed E-state index contributed by atoms with van der Waals surface area (Å²) in [6, 6.07) is 1.74. The zero-order chi connectivity index (χ0) is 17.8. The zero-order valence-corrected chi connectivity index (χ0v) is 15.3. The van der Waals surface area contributed by atoms with Crippen LogP contribution in [0.3, 0.4) is 0 Å². The van der Waals surface area contributed by atoms with Crippen molar-refractivity contribution in [1.82, 2.24) is 15.1 Å². The van der Waals surface area contributed by atoms with Gasteiger partial charge in [0.05, 0.1) is 6.26 Å². The van der Waals surface area contributed by atoms with Crippen molar-refractivity contribution in [2.24, 2.45) is 0 Å². The summed E-state index contributed by atoms with van der Waals surface area (Å²) < 4.78 is 5.30. The summed E-state index contributed by atoms with van der Waals surface area (Å²) in [5, 5.41) is 3.14. The van der Waals surface area contributed by atoms with Gasteiger partial charge in [0.2, 0.25) is 5.91 Å². The Morgan fingerprint density at radius 1 is 1.24 bits per heavy atom. The average molecular weight is 347 g/mol. The molecule has 2 heterocycles. The molecule has 138 valence electrons. The van der Waals surface area contributed by atoms with Crippen molar-refractivity contribution in [3.63, 3.8) is 0 Å². The number of carbonyl (C=O) groups excluding carboxylic acids is 2. The van der Waals surface area contributed by atoms with Crippen molar-refractivity contribution in [2.75, 3.05) is 13.6 Å². The molecule has 2 aliphatic rings. The van der Waals surface area contributed by atoms with Gasteiger partial charge in [0.1, 0.15) is 11.8 Å². The molecule has 1 aliphatic heterocycles. The fourth-order valence-corrected chi connectivity index (χ4v) is 3.93. The number of likely N-dealkylation sites (N-methyl/N-ethyl adjacent to an activating group) is 1. The maximum absolute atomic E-state index is 12.9. The molecular weight excluding hydrogens is 318 g/mol. The number of nitrogens with zero attached hydrogens (tertiary/aromatic N) is 2. The number of amides is 3. The topological polar surface area (TPSA) is 65.8 Å². The van der Waals surface area contributed by atoms with E-state index >= 15 is 0 Å². The summed E-state index contributed by atoms with van der Waals surface area (Å²) in [4.78, 5) is 28.9. The lowest BCUT2D eigenvalue weighted by molar-refractivity contribution is -0.134. The van der Waals surface area contributed by atoms with E-state index in [-0.39, 0.29) is 24.0 Å². The largest absolute Gasteiger partial charge is 0.469 e. The molecule has 1 N–H and O–H groups in total. The maximum atomic E-state index is 12.9. The zero-order valence-electron chi connectivity index (χ0n) is 15.3. The van der Waals surface area contributed by atoms with Gasteiger partial charge in [0.25, 0.3) is 0 Å². The molecule has 1 aromatic heterocycles. The summed E-state index contributed by atoms with van der Waals surface area (Å²) in [5.74, 6) is 0.842. The van der Waals surface area contributed by atoms with E-state index in [2.05, 4.69) is 5.32 Å². The Morgan fingerprint density at radius 2 is 2.00 bits per heavy atom. The van der Waals surface area contributed by atoms with E-state index < -0.39 is 0 Å². The number of rotatable bonds is 4. The number of hydrogen-bond donors (Lipinski definition) is 1. The van der Waals surface area contributed by atoms with E-state index in [4.69, 9.17) is 4.42 Å². The number of hydrogen-bond acceptors (Lipinski definition) is 3. The third kappa shape index (κ3) is 4.17. The Hall–Kier alpha value is -1.98. The summed E-state index contributed by atoms with van der Waals surface area (Å²) >= 11 is 0. The molecule has 1 saturated heterocycles. The molecule has 0 radical (unpaired) electrons. The first-order valence-corrected chi connectivity index (χ1v) is 9.41. The van der Waals surface area contributed by atoms with Crippen LogP contribution in [0.2, 0.25) is 0 Å². The second-order valence-corrected chi connectivity index (χ2v) is 7.33. The van der Waals surface area contributed by atoms with Crippen LogP contribution in [0.25, 0.3) is 0 Å². The molecule has 1 atom stereocenters. The number of aryl methyl sites for hydroxylation is 1. The highest BCUT2D eigenvalue weighted by Gasteiger charge is 2.36. The molecule has 1 saturated carbocycles. The van der Waals surface area contributed by atoms with Crippen molar-refractivity contribution < 1.29 is 14.0 Å². The van der Waals surface area contributed by atoms with Crippen molar-refractivity contribution in [2.45, 2.75) is 70.5 Å². The van der Waals surface area contributed by atoms with Crippen molar-refractivity contribution in [3.8, 4) is 0 Å². The van der Waals surface area contributed by atoms with Gasteiger partial charge in [-0.3, -0.25) is 4.79 Å². The minimum atomic E-state index is -0.346. The molecule has 0 unspecified atom stereocenters. The molecule has 3 amide bonds. The van der Waals surface area contributed by atoms with Gasteiger partial charge in [-0.2, -0.15) is 0 Å². The maximum Gasteiger partial charge on any atom is 0.318 e. The molecule has 1 aliphatic carbocycles.